The predicted molar refractivity (Wildman–Crippen MR) is 46.5 cm³/mol. The second-order valence-corrected chi connectivity index (χ2v) is 9.88. The van der Waals surface area contributed by atoms with E-state index < -0.39 is 13.3 Å². The molecule has 0 aliphatic carbocycles. The van der Waals surface area contributed by atoms with Gasteiger partial charge in [0.05, 0.1) is 0 Å². The topological polar surface area (TPSA) is 38.8 Å². The van der Waals surface area contributed by atoms with Gasteiger partial charge < -0.3 is 9.47 Å². The number of hydrogen-bond donors (Lipinski definition) is 0. The molecular weight excluding hydrogens is 172 g/mol. The van der Waals surface area contributed by atoms with Crippen LogP contribution in [0.4, 0.5) is 0 Å². The molecule has 0 aromatic carbocycles. The quantitative estimate of drug-likeness (QED) is 0.347. The van der Waals surface area contributed by atoms with Crippen molar-refractivity contribution in [1.29, 1.82) is 0 Å². The highest BCUT2D eigenvalue weighted by atomic mass is 28.3. The van der Waals surface area contributed by atoms with Crippen LogP contribution < -0.4 is 0 Å². The summed E-state index contributed by atoms with van der Waals surface area (Å²) in [6, 6.07) is 0. The number of fused-ring (bicyclic) bond motifs is 1. The molecule has 68 valence electrons. The van der Waals surface area contributed by atoms with E-state index in [1.165, 1.54) is 0 Å². The fourth-order valence-electron chi connectivity index (χ4n) is 1.98. The summed E-state index contributed by atoms with van der Waals surface area (Å²) in [6.45, 7) is 8.34. The fraction of sp³-hybridized carbons (Fsp3) is 0.875. The second kappa shape index (κ2) is 1.93. The van der Waals surface area contributed by atoms with Crippen LogP contribution in [-0.2, 0) is 14.3 Å². The molecule has 3 atom stereocenters. The van der Waals surface area contributed by atoms with Gasteiger partial charge >= 0.3 is 5.97 Å². The molecule has 0 spiro atoms. The molecule has 0 N–H and O–H groups in total. The fourth-order valence-corrected chi connectivity index (χ4v) is 4.22. The van der Waals surface area contributed by atoms with E-state index in [-0.39, 0.29) is 18.2 Å². The molecule has 0 radical (unpaired) electrons. The molecule has 2 aliphatic rings. The van der Waals surface area contributed by atoms with Gasteiger partial charge in [0.15, 0.2) is 5.22 Å². The molecule has 12 heavy (non-hydrogen) atoms. The Balaban J connectivity index is 2.32. The van der Waals surface area contributed by atoms with E-state index in [2.05, 4.69) is 19.6 Å². The van der Waals surface area contributed by atoms with Gasteiger partial charge in [-0.3, -0.25) is 0 Å². The summed E-state index contributed by atoms with van der Waals surface area (Å²) in [6.07, 6.45) is 0.0147. The number of epoxide rings is 1. The number of carbonyl (C=O) groups is 1. The standard InChI is InChI=1S/C8H14O3Si/c1-5-6-8(11-6,7(9)10-5)12(2,3)4/h5-6H,1-4H3/t5-,6-,8+/m1/s1. The van der Waals surface area contributed by atoms with Gasteiger partial charge in [-0.15, -0.1) is 0 Å². The first kappa shape index (κ1) is 8.25. The Hall–Kier alpha value is -0.353. The summed E-state index contributed by atoms with van der Waals surface area (Å²) < 4.78 is 10.6. The SMILES string of the molecule is C[C@H]1OC(=O)[C@]2([Si](C)(C)C)O[C@H]12. The molecule has 2 heterocycles. The van der Waals surface area contributed by atoms with Gasteiger partial charge in [0.25, 0.3) is 0 Å². The summed E-state index contributed by atoms with van der Waals surface area (Å²) in [5.74, 6) is -0.126. The van der Waals surface area contributed by atoms with Crippen molar-refractivity contribution < 1.29 is 14.3 Å². The number of ether oxygens (including phenoxy) is 2. The normalized spacial score (nSPS) is 45.5. The van der Waals surface area contributed by atoms with Gasteiger partial charge in [-0.1, -0.05) is 19.6 Å². The maximum absolute atomic E-state index is 11.5. The third-order valence-electron chi connectivity index (χ3n) is 2.79. The van der Waals surface area contributed by atoms with Gasteiger partial charge in [0.2, 0.25) is 0 Å². The Labute approximate surface area is 73.1 Å². The number of esters is 1. The van der Waals surface area contributed by atoms with Crippen molar-refractivity contribution in [3.8, 4) is 0 Å². The molecule has 0 aromatic rings. The van der Waals surface area contributed by atoms with Crippen molar-refractivity contribution in [2.24, 2.45) is 0 Å². The van der Waals surface area contributed by atoms with Crippen molar-refractivity contribution in [2.45, 2.75) is 44.0 Å². The first-order valence-electron chi connectivity index (χ1n) is 4.28. The molecule has 4 heteroatoms. The van der Waals surface area contributed by atoms with Crippen LogP contribution in [0, 0.1) is 0 Å². The van der Waals surface area contributed by atoms with Crippen LogP contribution in [0.3, 0.4) is 0 Å². The Morgan fingerprint density at radius 2 is 2.00 bits per heavy atom. The molecule has 0 unspecified atom stereocenters. The van der Waals surface area contributed by atoms with E-state index in [4.69, 9.17) is 9.47 Å². The smallest absolute Gasteiger partial charge is 0.338 e. The maximum Gasteiger partial charge on any atom is 0.338 e. The van der Waals surface area contributed by atoms with Gasteiger partial charge in [-0.2, -0.15) is 0 Å². The number of rotatable bonds is 1. The highest BCUT2D eigenvalue weighted by molar-refractivity contribution is 6.83. The number of cyclic esters (lactones) is 1. The zero-order valence-electron chi connectivity index (χ0n) is 7.88. The van der Waals surface area contributed by atoms with Crippen molar-refractivity contribution in [2.75, 3.05) is 0 Å². The lowest BCUT2D eigenvalue weighted by Gasteiger charge is -2.20. The average Bonchev–Trinajstić information content (AvgIpc) is 2.53. The zero-order chi connectivity index (χ0) is 9.15. The summed E-state index contributed by atoms with van der Waals surface area (Å²) >= 11 is 0. The highest BCUT2D eigenvalue weighted by Crippen LogP contribution is 2.52. The minimum atomic E-state index is -1.58. The number of hydrogen-bond acceptors (Lipinski definition) is 3. The van der Waals surface area contributed by atoms with Crippen LogP contribution >= 0.6 is 0 Å². The Morgan fingerprint density at radius 1 is 1.42 bits per heavy atom. The molecule has 2 rings (SSSR count). The third kappa shape index (κ3) is 0.720. The van der Waals surface area contributed by atoms with E-state index in [9.17, 15) is 4.79 Å². The monoisotopic (exact) mass is 186 g/mol. The molecule has 0 aromatic heterocycles. The van der Waals surface area contributed by atoms with Crippen molar-refractivity contribution >= 4 is 14.0 Å². The summed E-state index contributed by atoms with van der Waals surface area (Å²) in [5, 5.41) is -0.494. The lowest BCUT2D eigenvalue weighted by molar-refractivity contribution is -0.150. The van der Waals surface area contributed by atoms with Crippen LogP contribution in [0.25, 0.3) is 0 Å². The molecule has 2 saturated heterocycles. The predicted octanol–water partition coefficient (Wildman–Crippen LogP) is 0.947. The van der Waals surface area contributed by atoms with Crippen LogP contribution in [-0.4, -0.2) is 31.5 Å². The Kier molecular flexibility index (Phi) is 1.33. The molecule has 0 saturated carbocycles. The first-order chi connectivity index (χ1) is 5.39. The maximum atomic E-state index is 11.5. The second-order valence-electron chi connectivity index (χ2n) is 4.63. The molecule has 3 nitrogen and oxygen atoms in total. The van der Waals surface area contributed by atoms with E-state index in [0.29, 0.717) is 0 Å². The van der Waals surface area contributed by atoms with Crippen LogP contribution in [0.2, 0.25) is 19.6 Å². The summed E-state index contributed by atoms with van der Waals surface area (Å²) in [7, 11) is -1.58. The Morgan fingerprint density at radius 3 is 2.17 bits per heavy atom. The van der Waals surface area contributed by atoms with E-state index in [1.807, 2.05) is 6.92 Å². The minimum Gasteiger partial charge on any atom is -0.458 e. The van der Waals surface area contributed by atoms with E-state index in [0.717, 1.165) is 0 Å². The van der Waals surface area contributed by atoms with E-state index in [1.54, 1.807) is 0 Å². The van der Waals surface area contributed by atoms with Gasteiger partial charge in [0, 0.05) is 0 Å². The highest BCUT2D eigenvalue weighted by Gasteiger charge is 2.77. The minimum absolute atomic E-state index is 0.0378. The summed E-state index contributed by atoms with van der Waals surface area (Å²) in [4.78, 5) is 11.5. The van der Waals surface area contributed by atoms with Crippen molar-refractivity contribution in [3.63, 3.8) is 0 Å². The van der Waals surface area contributed by atoms with E-state index >= 15 is 0 Å². The molecule has 0 bridgehead atoms. The zero-order valence-corrected chi connectivity index (χ0v) is 8.88. The van der Waals surface area contributed by atoms with Gasteiger partial charge in [-0.25, -0.2) is 4.79 Å². The Bertz CT molecular complexity index is 245. The third-order valence-corrected chi connectivity index (χ3v) is 5.63. The van der Waals surface area contributed by atoms with Crippen LogP contribution in [0.1, 0.15) is 6.92 Å². The first-order valence-corrected chi connectivity index (χ1v) is 7.78. The molecule has 2 fully saturated rings. The van der Waals surface area contributed by atoms with Crippen molar-refractivity contribution in [1.82, 2.24) is 0 Å². The summed E-state index contributed by atoms with van der Waals surface area (Å²) in [5.41, 5.74) is 0. The molecular formula is C8H14O3Si. The number of carbonyl (C=O) groups excluding carboxylic acids is 1. The largest absolute Gasteiger partial charge is 0.458 e. The molecule has 2 aliphatic heterocycles. The van der Waals surface area contributed by atoms with Crippen molar-refractivity contribution in [3.05, 3.63) is 0 Å². The lowest BCUT2D eigenvalue weighted by Crippen LogP contribution is -2.47. The average molecular weight is 186 g/mol. The van der Waals surface area contributed by atoms with Crippen LogP contribution in [0.5, 0.6) is 0 Å². The van der Waals surface area contributed by atoms with Crippen LogP contribution in [0.15, 0.2) is 0 Å². The van der Waals surface area contributed by atoms with Gasteiger partial charge in [-0.05, 0) is 6.92 Å². The van der Waals surface area contributed by atoms with Gasteiger partial charge in [0.1, 0.15) is 20.3 Å². The lowest BCUT2D eigenvalue weighted by atomic mass is 10.2. The molecule has 0 amide bonds.